The molecule has 1 heterocycles. The van der Waals surface area contributed by atoms with Crippen LogP contribution in [0.5, 0.6) is 0 Å². The Morgan fingerprint density at radius 2 is 2.07 bits per heavy atom. The van der Waals surface area contributed by atoms with Crippen LogP contribution in [0.15, 0.2) is 18.2 Å². The molecule has 1 aliphatic rings. The molecule has 0 saturated heterocycles. The minimum Gasteiger partial charge on any atom is -0.373 e. The van der Waals surface area contributed by atoms with Crippen molar-refractivity contribution in [3.05, 3.63) is 18.2 Å². The van der Waals surface area contributed by atoms with E-state index in [0.717, 1.165) is 11.6 Å². The quantitative estimate of drug-likeness (QED) is 0.821. The topological polar surface area (TPSA) is 28.2 Å². The van der Waals surface area contributed by atoms with E-state index in [1.807, 2.05) is 13.1 Å². The van der Waals surface area contributed by atoms with Crippen molar-refractivity contribution in [2.45, 2.75) is 31.7 Å². The number of nitrogens with one attached hydrogen (secondary N) is 1. The Morgan fingerprint density at radius 1 is 1.33 bits per heavy atom. The maximum atomic E-state index is 4.55. The van der Waals surface area contributed by atoms with Crippen molar-refractivity contribution in [3.8, 4) is 0 Å². The average Bonchev–Trinajstić information content (AvgIpc) is 2.81. The summed E-state index contributed by atoms with van der Waals surface area (Å²) in [4.78, 5) is 6.86. The minimum atomic E-state index is 0.685. The lowest BCUT2D eigenvalue weighted by molar-refractivity contribution is 0.647. The van der Waals surface area contributed by atoms with Gasteiger partial charge in [0.25, 0.3) is 0 Å². The van der Waals surface area contributed by atoms with Crippen molar-refractivity contribution in [1.82, 2.24) is 4.98 Å². The van der Waals surface area contributed by atoms with Crippen molar-refractivity contribution in [1.29, 1.82) is 0 Å². The van der Waals surface area contributed by atoms with Gasteiger partial charge in [-0.1, -0.05) is 18.9 Å². The molecule has 0 radical (unpaired) electrons. The van der Waals surface area contributed by atoms with Crippen molar-refractivity contribution in [3.63, 3.8) is 0 Å². The fraction of sp³-hybridized carbons (Fsp3) is 0.583. The molecule has 0 aliphatic heterocycles. The molecular weight excluding hydrogens is 186 g/mol. The van der Waals surface area contributed by atoms with Crippen LogP contribution < -0.4 is 10.2 Å². The lowest BCUT2D eigenvalue weighted by Gasteiger charge is -2.25. The third-order valence-electron chi connectivity index (χ3n) is 3.22. The summed E-state index contributed by atoms with van der Waals surface area (Å²) in [6.07, 6.45) is 5.34. The average molecular weight is 205 g/mol. The van der Waals surface area contributed by atoms with E-state index in [1.165, 1.54) is 25.7 Å². The molecule has 15 heavy (non-hydrogen) atoms. The van der Waals surface area contributed by atoms with Crippen molar-refractivity contribution < 1.29 is 0 Å². The van der Waals surface area contributed by atoms with Gasteiger partial charge in [0.05, 0.1) is 0 Å². The highest BCUT2D eigenvalue weighted by atomic mass is 15.2. The first kappa shape index (κ1) is 10.3. The third kappa shape index (κ3) is 2.22. The van der Waals surface area contributed by atoms with Crippen LogP contribution in [-0.4, -0.2) is 25.1 Å². The highest BCUT2D eigenvalue weighted by Gasteiger charge is 2.20. The van der Waals surface area contributed by atoms with Gasteiger partial charge < -0.3 is 10.2 Å². The molecule has 1 aromatic heterocycles. The molecule has 0 spiro atoms. The van der Waals surface area contributed by atoms with Crippen molar-refractivity contribution in [2.75, 3.05) is 24.3 Å². The maximum Gasteiger partial charge on any atom is 0.130 e. The summed E-state index contributed by atoms with van der Waals surface area (Å²) in [6.45, 7) is 0. The molecule has 0 bridgehead atoms. The molecule has 1 fully saturated rings. The van der Waals surface area contributed by atoms with Crippen molar-refractivity contribution in [2.24, 2.45) is 0 Å². The first-order valence-electron chi connectivity index (χ1n) is 5.69. The van der Waals surface area contributed by atoms with Crippen LogP contribution in [0, 0.1) is 0 Å². The molecule has 1 N–H and O–H groups in total. The normalized spacial score (nSPS) is 16.7. The third-order valence-corrected chi connectivity index (χ3v) is 3.22. The van der Waals surface area contributed by atoms with Crippen LogP contribution in [0.25, 0.3) is 0 Å². The van der Waals surface area contributed by atoms with E-state index in [-0.39, 0.29) is 0 Å². The summed E-state index contributed by atoms with van der Waals surface area (Å²) in [5, 5.41) is 3.08. The van der Waals surface area contributed by atoms with E-state index in [2.05, 4.69) is 34.4 Å². The smallest absolute Gasteiger partial charge is 0.130 e. The first-order chi connectivity index (χ1) is 7.31. The highest BCUT2D eigenvalue weighted by molar-refractivity contribution is 5.46. The standard InChI is InChI=1S/C12H19N3/c1-13-11-8-5-9-12(14-11)15(2)10-6-3-4-7-10/h5,8-10H,3-4,6-7H2,1-2H3,(H,13,14). The first-order valence-corrected chi connectivity index (χ1v) is 5.69. The number of nitrogens with zero attached hydrogens (tertiary/aromatic N) is 2. The highest BCUT2D eigenvalue weighted by Crippen LogP contribution is 2.26. The van der Waals surface area contributed by atoms with Gasteiger partial charge in [-0.05, 0) is 25.0 Å². The second kappa shape index (κ2) is 4.51. The zero-order chi connectivity index (χ0) is 10.7. The molecule has 0 unspecified atom stereocenters. The molecule has 1 aliphatic carbocycles. The molecule has 3 heteroatoms. The van der Waals surface area contributed by atoms with Gasteiger partial charge in [0.1, 0.15) is 11.6 Å². The van der Waals surface area contributed by atoms with Gasteiger partial charge >= 0.3 is 0 Å². The number of hydrogen-bond donors (Lipinski definition) is 1. The van der Waals surface area contributed by atoms with E-state index < -0.39 is 0 Å². The van der Waals surface area contributed by atoms with Gasteiger partial charge in [0, 0.05) is 20.1 Å². The van der Waals surface area contributed by atoms with Gasteiger partial charge in [-0.25, -0.2) is 4.98 Å². The van der Waals surface area contributed by atoms with Gasteiger partial charge in [0.2, 0.25) is 0 Å². The lowest BCUT2D eigenvalue weighted by atomic mass is 10.2. The summed E-state index contributed by atoms with van der Waals surface area (Å²) in [7, 11) is 4.06. The van der Waals surface area contributed by atoms with Crippen LogP contribution in [0.1, 0.15) is 25.7 Å². The van der Waals surface area contributed by atoms with E-state index in [4.69, 9.17) is 0 Å². The number of rotatable bonds is 3. The van der Waals surface area contributed by atoms with E-state index in [0.29, 0.717) is 6.04 Å². The summed E-state index contributed by atoms with van der Waals surface area (Å²) < 4.78 is 0. The summed E-state index contributed by atoms with van der Waals surface area (Å²) >= 11 is 0. The number of aromatic nitrogens is 1. The fourth-order valence-corrected chi connectivity index (χ4v) is 2.24. The van der Waals surface area contributed by atoms with E-state index in [9.17, 15) is 0 Å². The zero-order valence-electron chi connectivity index (χ0n) is 9.53. The number of anilines is 2. The Bertz CT molecular complexity index is 318. The largest absolute Gasteiger partial charge is 0.373 e. The predicted octanol–water partition coefficient (Wildman–Crippen LogP) is 2.50. The molecule has 0 amide bonds. The van der Waals surface area contributed by atoms with Crippen LogP contribution in [0.2, 0.25) is 0 Å². The van der Waals surface area contributed by atoms with Crippen LogP contribution in [-0.2, 0) is 0 Å². The SMILES string of the molecule is CNc1cccc(N(C)C2CCCC2)n1. The summed E-state index contributed by atoms with van der Waals surface area (Å²) in [6, 6.07) is 6.81. The monoisotopic (exact) mass is 205 g/mol. The zero-order valence-corrected chi connectivity index (χ0v) is 9.53. The van der Waals surface area contributed by atoms with Gasteiger partial charge in [-0.2, -0.15) is 0 Å². The minimum absolute atomic E-state index is 0.685. The molecule has 1 saturated carbocycles. The molecule has 2 rings (SSSR count). The van der Waals surface area contributed by atoms with Gasteiger partial charge in [-0.15, -0.1) is 0 Å². The second-order valence-corrected chi connectivity index (χ2v) is 4.18. The molecule has 82 valence electrons. The Morgan fingerprint density at radius 3 is 2.73 bits per heavy atom. The Kier molecular flexibility index (Phi) is 3.09. The maximum absolute atomic E-state index is 4.55. The number of pyridine rings is 1. The van der Waals surface area contributed by atoms with E-state index in [1.54, 1.807) is 0 Å². The summed E-state index contributed by atoms with van der Waals surface area (Å²) in [5.41, 5.74) is 0. The Balaban J connectivity index is 2.13. The molecule has 3 nitrogen and oxygen atoms in total. The molecular formula is C12H19N3. The van der Waals surface area contributed by atoms with Gasteiger partial charge in [-0.3, -0.25) is 0 Å². The van der Waals surface area contributed by atoms with Crippen molar-refractivity contribution >= 4 is 11.6 Å². The van der Waals surface area contributed by atoms with Crippen LogP contribution in [0.4, 0.5) is 11.6 Å². The van der Waals surface area contributed by atoms with Gasteiger partial charge in [0.15, 0.2) is 0 Å². The number of hydrogen-bond acceptors (Lipinski definition) is 3. The predicted molar refractivity (Wildman–Crippen MR) is 64.4 cm³/mol. The summed E-state index contributed by atoms with van der Waals surface area (Å²) in [5.74, 6) is 2.02. The molecule has 0 atom stereocenters. The van der Waals surface area contributed by atoms with Crippen LogP contribution >= 0.6 is 0 Å². The lowest BCUT2D eigenvalue weighted by Crippen LogP contribution is -2.29. The molecule has 1 aromatic rings. The van der Waals surface area contributed by atoms with E-state index >= 15 is 0 Å². The fourth-order valence-electron chi connectivity index (χ4n) is 2.24. The Hall–Kier alpha value is -1.25. The van der Waals surface area contributed by atoms with Crippen LogP contribution in [0.3, 0.4) is 0 Å². The molecule has 0 aromatic carbocycles. The second-order valence-electron chi connectivity index (χ2n) is 4.18. The Labute approximate surface area is 91.5 Å².